The van der Waals surface area contributed by atoms with Gasteiger partial charge in [-0.05, 0) is 44.9 Å². The number of ether oxygens (including phenoxy) is 4. The Kier molecular flexibility index (Phi) is 73.7. The molecule has 0 amide bonds. The predicted molar refractivity (Wildman–Crippen MR) is 401 cm³/mol. The van der Waals surface area contributed by atoms with Gasteiger partial charge in [-0.25, -0.2) is 4.79 Å². The number of hydrogen-bond donors (Lipinski definition) is 1. The summed E-state index contributed by atoms with van der Waals surface area (Å²) in [6.07, 6.45) is 93.6. The number of aliphatic carboxylic acids is 1. The zero-order valence-corrected chi connectivity index (χ0v) is 63.2. The van der Waals surface area contributed by atoms with Gasteiger partial charge in [0.1, 0.15) is 13.2 Å². The normalized spacial score (nSPS) is 12.7. The van der Waals surface area contributed by atoms with Gasteiger partial charge in [0.25, 0.3) is 6.29 Å². The molecule has 0 aliphatic heterocycles. The fourth-order valence-corrected chi connectivity index (χ4v) is 12.9. The van der Waals surface area contributed by atoms with E-state index in [4.69, 9.17) is 18.9 Å². The van der Waals surface area contributed by atoms with Crippen molar-refractivity contribution in [3.8, 4) is 0 Å². The van der Waals surface area contributed by atoms with Crippen molar-refractivity contribution in [3.05, 3.63) is 24.3 Å². The average Bonchev–Trinajstić information content (AvgIpc) is 3.73. The van der Waals surface area contributed by atoms with Crippen molar-refractivity contribution in [2.45, 2.75) is 450 Å². The van der Waals surface area contributed by atoms with E-state index in [2.05, 4.69) is 38.2 Å². The number of esters is 2. The van der Waals surface area contributed by atoms with E-state index >= 15 is 0 Å². The Balaban J connectivity index is 3.94. The van der Waals surface area contributed by atoms with Crippen LogP contribution in [0.2, 0.25) is 0 Å². The minimum Gasteiger partial charge on any atom is -0.477 e. The van der Waals surface area contributed by atoms with Gasteiger partial charge in [0.15, 0.2) is 6.10 Å². The van der Waals surface area contributed by atoms with Gasteiger partial charge >= 0.3 is 17.9 Å². The lowest BCUT2D eigenvalue weighted by Crippen LogP contribution is -2.40. The van der Waals surface area contributed by atoms with Crippen LogP contribution in [0, 0.1) is 0 Å². The number of carboxylic acids is 1. The highest BCUT2D eigenvalue weighted by atomic mass is 16.7. The molecule has 9 nitrogen and oxygen atoms in total. The van der Waals surface area contributed by atoms with Crippen LogP contribution in [0.1, 0.15) is 438 Å². The van der Waals surface area contributed by atoms with Crippen molar-refractivity contribution >= 4 is 17.9 Å². The maximum atomic E-state index is 13.0. The van der Waals surface area contributed by atoms with Crippen LogP contribution >= 0.6 is 0 Å². The van der Waals surface area contributed by atoms with Crippen LogP contribution in [-0.2, 0) is 33.3 Å². The number of nitrogens with zero attached hydrogens (tertiary/aromatic N) is 1. The lowest BCUT2D eigenvalue weighted by molar-refractivity contribution is -0.870. The van der Waals surface area contributed by atoms with E-state index in [1.165, 1.54) is 366 Å². The molecule has 0 heterocycles. The highest BCUT2D eigenvalue weighted by molar-refractivity contribution is 5.71. The molecule has 0 aliphatic rings. The predicted octanol–water partition coefficient (Wildman–Crippen LogP) is 26.5. The van der Waals surface area contributed by atoms with E-state index < -0.39 is 18.4 Å². The van der Waals surface area contributed by atoms with Crippen LogP contribution in [0.15, 0.2) is 24.3 Å². The molecule has 2 unspecified atom stereocenters. The Bertz CT molecular complexity index is 1580. The second kappa shape index (κ2) is 75.5. The second-order valence-electron chi connectivity index (χ2n) is 29.8. The maximum absolute atomic E-state index is 13.0. The smallest absolute Gasteiger partial charge is 0.361 e. The van der Waals surface area contributed by atoms with E-state index in [1.54, 1.807) is 0 Å². The molecule has 0 rings (SSSR count). The fraction of sp³-hybridized carbons (Fsp3) is 0.917. The first-order valence-electron chi connectivity index (χ1n) is 41.5. The summed E-state index contributed by atoms with van der Waals surface area (Å²) in [6, 6.07) is 0. The van der Waals surface area contributed by atoms with Gasteiger partial charge in [-0.15, -0.1) is 0 Å². The molecule has 0 spiro atoms. The highest BCUT2D eigenvalue weighted by Crippen LogP contribution is 2.21. The van der Waals surface area contributed by atoms with Gasteiger partial charge in [-0.2, -0.15) is 0 Å². The summed E-state index contributed by atoms with van der Waals surface area (Å²) >= 11 is 0. The summed E-state index contributed by atoms with van der Waals surface area (Å²) in [6.45, 7) is 4.96. The molecule has 2 atom stereocenters. The van der Waals surface area contributed by atoms with Gasteiger partial charge in [0.05, 0.1) is 34.4 Å². The fourth-order valence-electron chi connectivity index (χ4n) is 12.9. The Morgan fingerprint density at radius 3 is 0.849 bits per heavy atom. The summed E-state index contributed by atoms with van der Waals surface area (Å²) in [5.41, 5.74) is 0. The molecule has 93 heavy (non-hydrogen) atoms. The van der Waals surface area contributed by atoms with E-state index in [1.807, 2.05) is 21.1 Å². The molecular formula is C84H162NO8+. The maximum Gasteiger partial charge on any atom is 0.361 e. The Morgan fingerprint density at radius 2 is 0.581 bits per heavy atom. The number of carboxylic acid groups (broad SMARTS) is 1. The van der Waals surface area contributed by atoms with E-state index in [9.17, 15) is 19.5 Å². The Morgan fingerprint density at radius 1 is 0.323 bits per heavy atom. The number of carbonyl (C=O) groups is 3. The van der Waals surface area contributed by atoms with Crippen LogP contribution in [0.4, 0.5) is 0 Å². The first-order valence-corrected chi connectivity index (χ1v) is 41.5. The summed E-state index contributed by atoms with van der Waals surface area (Å²) < 4.78 is 23.1. The minimum absolute atomic E-state index is 0.173. The molecule has 0 saturated heterocycles. The van der Waals surface area contributed by atoms with Crippen molar-refractivity contribution in [1.29, 1.82) is 0 Å². The minimum atomic E-state index is -1.51. The molecular weight excluding hydrogens is 1150 g/mol. The largest absolute Gasteiger partial charge is 0.477 e. The number of unbranched alkanes of at least 4 members (excludes halogenated alkanes) is 60. The monoisotopic (exact) mass is 1310 g/mol. The van der Waals surface area contributed by atoms with Gasteiger partial charge in [-0.1, -0.05) is 404 Å². The van der Waals surface area contributed by atoms with Crippen LogP contribution in [0.25, 0.3) is 0 Å². The van der Waals surface area contributed by atoms with Gasteiger partial charge in [-0.3, -0.25) is 9.59 Å². The summed E-state index contributed by atoms with van der Waals surface area (Å²) in [5.74, 6) is -1.96. The van der Waals surface area contributed by atoms with E-state index in [-0.39, 0.29) is 38.2 Å². The van der Waals surface area contributed by atoms with Crippen molar-refractivity contribution in [2.75, 3.05) is 47.5 Å². The molecule has 550 valence electrons. The summed E-state index contributed by atoms with van der Waals surface area (Å²) in [4.78, 5) is 37.8. The number of rotatable bonds is 79. The first kappa shape index (κ1) is 90.8. The zero-order valence-electron chi connectivity index (χ0n) is 63.2. The zero-order chi connectivity index (χ0) is 67.5. The topological polar surface area (TPSA) is 108 Å². The standard InChI is InChI=1S/C84H161NO8/c1-6-8-10-12-14-16-18-20-22-24-26-28-30-32-34-36-38-39-40-41-42-43-45-47-49-51-53-55-57-59-61-63-65-67-69-71-73-75-82(87)93-80(79-92-84(83(88)89)90-77-76-85(3,4)5)78-91-81(86)74-72-70-68-66-64-62-60-58-56-54-52-50-48-46-44-37-35-33-31-29-27-25-23-21-19-17-15-13-11-9-7-2/h18,20,24,26,80,84H,6-17,19,21-23,25,27-79H2,1-5H3/p+1/b20-18-,26-24-. The number of hydrogen-bond acceptors (Lipinski definition) is 7. The van der Waals surface area contributed by atoms with Crippen molar-refractivity contribution in [3.63, 3.8) is 0 Å². The second-order valence-corrected chi connectivity index (χ2v) is 29.8. The molecule has 0 aliphatic carbocycles. The molecule has 1 N–H and O–H groups in total. The van der Waals surface area contributed by atoms with E-state index in [0.29, 0.717) is 17.4 Å². The Hall–Kier alpha value is -2.23. The van der Waals surface area contributed by atoms with Gasteiger partial charge in [0, 0.05) is 12.8 Å². The molecule has 0 aromatic heterocycles. The number of carbonyl (C=O) groups excluding carboxylic acids is 2. The molecule has 0 fully saturated rings. The third-order valence-corrected chi connectivity index (χ3v) is 19.2. The highest BCUT2D eigenvalue weighted by Gasteiger charge is 2.25. The Labute approximate surface area is 579 Å². The number of likely N-dealkylation sites (N-methyl/N-ethyl adjacent to an activating group) is 1. The lowest BCUT2D eigenvalue weighted by Gasteiger charge is -2.25. The molecule has 9 heteroatoms. The summed E-state index contributed by atoms with van der Waals surface area (Å²) in [7, 11) is 6.00. The number of allylic oxidation sites excluding steroid dienone is 4. The third kappa shape index (κ3) is 77.0. The molecule has 0 aromatic rings. The van der Waals surface area contributed by atoms with E-state index in [0.717, 1.165) is 44.9 Å². The van der Waals surface area contributed by atoms with Crippen molar-refractivity contribution in [2.24, 2.45) is 0 Å². The SMILES string of the molecule is CCCCCCC/C=C\C/C=C\CCCCCCCCCCCCCCCCCCCCCCCCCCCC(=O)OC(COC(=O)CCCCCCCCCCCCCCCCCCCCCCCCCCCCCCCCC)COC(OCC[N+](C)(C)C)C(=O)O. The molecule has 0 radical (unpaired) electrons. The summed E-state index contributed by atoms with van der Waals surface area (Å²) in [5, 5.41) is 9.78. The molecule has 0 aromatic carbocycles. The average molecular weight is 1310 g/mol. The lowest BCUT2D eigenvalue weighted by atomic mass is 10.0. The van der Waals surface area contributed by atoms with Crippen molar-refractivity contribution < 1.29 is 42.9 Å². The number of quaternary nitrogens is 1. The van der Waals surface area contributed by atoms with Crippen LogP contribution in [0.5, 0.6) is 0 Å². The van der Waals surface area contributed by atoms with Gasteiger partial charge in [0.2, 0.25) is 0 Å². The van der Waals surface area contributed by atoms with Gasteiger partial charge < -0.3 is 28.5 Å². The van der Waals surface area contributed by atoms with Crippen LogP contribution < -0.4 is 0 Å². The quantitative estimate of drug-likeness (QED) is 0.0211. The third-order valence-electron chi connectivity index (χ3n) is 19.2. The first-order chi connectivity index (χ1) is 45.6. The molecule has 0 saturated carbocycles. The van der Waals surface area contributed by atoms with Crippen molar-refractivity contribution in [1.82, 2.24) is 0 Å². The molecule has 0 bridgehead atoms. The van der Waals surface area contributed by atoms with Crippen LogP contribution in [0.3, 0.4) is 0 Å². The van der Waals surface area contributed by atoms with Crippen LogP contribution in [-0.4, -0.2) is 87.4 Å².